The topological polar surface area (TPSA) is 95.6 Å². The van der Waals surface area contributed by atoms with Gasteiger partial charge < -0.3 is 29.6 Å². The number of nitrogens with one attached hydrogen (secondary N) is 2. The van der Waals surface area contributed by atoms with Crippen molar-refractivity contribution in [2.24, 2.45) is 0 Å². The highest BCUT2D eigenvalue weighted by atomic mass is 16.7. The number of H-pyrrole nitrogens is 1. The molecule has 3 aromatic carbocycles. The summed E-state index contributed by atoms with van der Waals surface area (Å²) < 4.78 is 11.2. The van der Waals surface area contributed by atoms with Gasteiger partial charge in [-0.15, -0.1) is 0 Å². The van der Waals surface area contributed by atoms with Crippen LogP contribution in [-0.4, -0.2) is 76.7 Å². The molecule has 1 unspecified atom stereocenters. The van der Waals surface area contributed by atoms with Gasteiger partial charge >= 0.3 is 0 Å². The summed E-state index contributed by atoms with van der Waals surface area (Å²) in [6.07, 6.45) is 5.61. The maximum Gasteiger partial charge on any atom is 0.253 e. The molecular weight excluding hydrogens is 576 g/mol. The van der Waals surface area contributed by atoms with E-state index in [1.165, 1.54) is 11.1 Å². The Labute approximate surface area is 269 Å². The van der Waals surface area contributed by atoms with Crippen LogP contribution in [0.2, 0.25) is 0 Å². The molecule has 1 fully saturated rings. The average Bonchev–Trinajstić information content (AvgIpc) is 3.75. The van der Waals surface area contributed by atoms with Crippen LogP contribution in [-0.2, 0) is 6.42 Å². The van der Waals surface area contributed by atoms with Crippen molar-refractivity contribution in [1.29, 1.82) is 0 Å². The van der Waals surface area contributed by atoms with Crippen molar-refractivity contribution in [3.63, 3.8) is 0 Å². The normalized spacial score (nSPS) is 15.6. The van der Waals surface area contributed by atoms with E-state index in [0.717, 1.165) is 79.5 Å². The minimum atomic E-state index is 0.0349. The number of hydrogen-bond acceptors (Lipinski definition) is 7. The van der Waals surface area contributed by atoms with Crippen LogP contribution in [0.3, 0.4) is 0 Å². The maximum atomic E-state index is 13.2. The first-order chi connectivity index (χ1) is 22.6. The van der Waals surface area contributed by atoms with E-state index in [-0.39, 0.29) is 18.6 Å². The molecule has 2 aliphatic heterocycles. The summed E-state index contributed by atoms with van der Waals surface area (Å²) in [7, 11) is 1.89. The van der Waals surface area contributed by atoms with Gasteiger partial charge in [0.1, 0.15) is 0 Å². The summed E-state index contributed by atoms with van der Waals surface area (Å²) in [5.74, 6) is 2.59. The van der Waals surface area contributed by atoms with Crippen LogP contribution in [0, 0.1) is 0 Å². The number of amides is 1. The van der Waals surface area contributed by atoms with Gasteiger partial charge in [0.2, 0.25) is 12.7 Å². The lowest BCUT2D eigenvalue weighted by molar-refractivity contribution is 0.0782. The quantitative estimate of drug-likeness (QED) is 0.185. The summed E-state index contributed by atoms with van der Waals surface area (Å²) in [5.41, 5.74) is 6.12. The molecule has 2 N–H and O–H groups in total. The summed E-state index contributed by atoms with van der Waals surface area (Å²) in [6, 6.07) is 28.3. The van der Waals surface area contributed by atoms with Crippen molar-refractivity contribution in [2.45, 2.75) is 37.6 Å². The van der Waals surface area contributed by atoms with E-state index in [4.69, 9.17) is 14.5 Å². The van der Waals surface area contributed by atoms with E-state index < -0.39 is 0 Å². The number of aromatic nitrogens is 3. The third kappa shape index (κ3) is 6.84. The van der Waals surface area contributed by atoms with Gasteiger partial charge in [0.05, 0.1) is 11.0 Å². The molecule has 0 bridgehead atoms. The van der Waals surface area contributed by atoms with E-state index in [0.29, 0.717) is 18.2 Å². The van der Waals surface area contributed by atoms with Gasteiger partial charge in [-0.1, -0.05) is 42.5 Å². The maximum absolute atomic E-state index is 13.2. The number of ether oxygens (including phenoxy) is 2. The highest BCUT2D eigenvalue weighted by Gasteiger charge is 2.25. The van der Waals surface area contributed by atoms with Gasteiger partial charge in [-0.05, 0) is 79.4 Å². The second-order valence-electron chi connectivity index (χ2n) is 12.3. The minimum Gasteiger partial charge on any atom is -0.454 e. The number of benzene rings is 3. The average molecular weight is 617 g/mol. The van der Waals surface area contributed by atoms with Crippen LogP contribution in [0.4, 0.5) is 5.95 Å². The number of aromatic amines is 1. The number of carbonyl (C=O) groups excluding carboxylic acids is 1. The monoisotopic (exact) mass is 616 g/mol. The fourth-order valence-electron chi connectivity index (χ4n) is 6.58. The zero-order valence-corrected chi connectivity index (χ0v) is 26.2. The first-order valence-electron chi connectivity index (χ1n) is 16.2. The minimum absolute atomic E-state index is 0.0349. The van der Waals surface area contributed by atoms with Crippen molar-refractivity contribution >= 4 is 22.9 Å². The molecule has 0 radical (unpaired) electrons. The number of fused-ring (bicyclic) bond motifs is 2. The van der Waals surface area contributed by atoms with Gasteiger partial charge in [0, 0.05) is 62.5 Å². The third-order valence-electron chi connectivity index (χ3n) is 9.15. The van der Waals surface area contributed by atoms with E-state index >= 15 is 0 Å². The van der Waals surface area contributed by atoms with Gasteiger partial charge in [0.25, 0.3) is 5.91 Å². The molecule has 9 heteroatoms. The molecule has 46 heavy (non-hydrogen) atoms. The first kappa shape index (κ1) is 29.8. The number of piperidine rings is 1. The van der Waals surface area contributed by atoms with Crippen LogP contribution >= 0.6 is 0 Å². The Hall–Kier alpha value is -4.89. The van der Waals surface area contributed by atoms with Crippen molar-refractivity contribution in [3.05, 3.63) is 114 Å². The van der Waals surface area contributed by atoms with Gasteiger partial charge in [-0.3, -0.25) is 9.78 Å². The van der Waals surface area contributed by atoms with Crippen LogP contribution in [0.5, 0.6) is 11.5 Å². The number of hydrogen-bond donors (Lipinski definition) is 2. The Bertz CT molecular complexity index is 1770. The number of likely N-dealkylation sites (tertiary alicyclic amines) is 1. The van der Waals surface area contributed by atoms with Crippen molar-refractivity contribution < 1.29 is 14.3 Å². The Morgan fingerprint density at radius 3 is 2.65 bits per heavy atom. The number of imidazole rings is 1. The summed E-state index contributed by atoms with van der Waals surface area (Å²) in [5, 5.41) is 3.67. The third-order valence-corrected chi connectivity index (χ3v) is 9.15. The van der Waals surface area contributed by atoms with Crippen LogP contribution < -0.4 is 14.8 Å². The smallest absolute Gasteiger partial charge is 0.253 e. The summed E-state index contributed by atoms with van der Waals surface area (Å²) >= 11 is 0. The predicted octanol–water partition coefficient (Wildman–Crippen LogP) is 6.10. The van der Waals surface area contributed by atoms with Crippen molar-refractivity contribution in [3.8, 4) is 11.5 Å². The Kier molecular flexibility index (Phi) is 8.83. The number of pyridine rings is 1. The fourth-order valence-corrected chi connectivity index (χ4v) is 6.58. The molecule has 0 spiro atoms. The zero-order valence-electron chi connectivity index (χ0n) is 26.2. The predicted molar refractivity (Wildman–Crippen MR) is 180 cm³/mol. The molecule has 5 aromatic rings. The Morgan fingerprint density at radius 2 is 1.83 bits per heavy atom. The van der Waals surface area contributed by atoms with Gasteiger partial charge in [-0.25, -0.2) is 4.98 Å². The fraction of sp³-hybridized carbons (Fsp3) is 0.324. The van der Waals surface area contributed by atoms with Gasteiger partial charge in [-0.2, -0.15) is 0 Å². The number of para-hydroxylation sites is 1. The van der Waals surface area contributed by atoms with E-state index in [2.05, 4.69) is 56.6 Å². The Morgan fingerprint density at radius 1 is 1.00 bits per heavy atom. The molecule has 1 atom stereocenters. The van der Waals surface area contributed by atoms with Crippen molar-refractivity contribution in [1.82, 2.24) is 24.8 Å². The summed E-state index contributed by atoms with van der Waals surface area (Å²) in [4.78, 5) is 30.5. The van der Waals surface area contributed by atoms with E-state index in [9.17, 15) is 4.79 Å². The lowest BCUT2D eigenvalue weighted by atomic mass is 9.93. The Balaban J connectivity index is 0.965. The van der Waals surface area contributed by atoms with Crippen LogP contribution in [0.1, 0.15) is 52.4 Å². The number of carbonyl (C=O) groups is 1. The second kappa shape index (κ2) is 13.6. The molecule has 1 amide bonds. The molecule has 2 aliphatic rings. The molecule has 4 heterocycles. The van der Waals surface area contributed by atoms with Crippen molar-refractivity contribution in [2.75, 3.05) is 45.3 Å². The zero-order chi connectivity index (χ0) is 31.3. The van der Waals surface area contributed by atoms with E-state index in [1.54, 1.807) is 0 Å². The molecule has 1 saturated heterocycles. The van der Waals surface area contributed by atoms with Gasteiger partial charge in [0.15, 0.2) is 11.5 Å². The number of nitrogens with zero attached hydrogens (tertiary/aromatic N) is 4. The lowest BCUT2D eigenvalue weighted by Gasteiger charge is -2.33. The lowest BCUT2D eigenvalue weighted by Crippen LogP contribution is -2.40. The van der Waals surface area contributed by atoms with Crippen LogP contribution in [0.25, 0.3) is 11.0 Å². The SMILES string of the molecule is CN(CC(CCN1CCC(Nc2nc3c(Cc4ccccn4)cccc3[nH]2)CC1)c1ccc2c(c1)OCO2)C(=O)c1ccccc1. The molecule has 7 rings (SSSR count). The first-order valence-corrected chi connectivity index (χ1v) is 16.2. The van der Waals surface area contributed by atoms with E-state index in [1.807, 2.05) is 66.7 Å². The largest absolute Gasteiger partial charge is 0.454 e. The molecular formula is C37H40N6O3. The number of rotatable bonds is 11. The standard InChI is InChI=1S/C37H40N6O3/c1-42(36(44)26-8-3-2-4-9-26)24-29(27-13-14-33-34(23-27)46-25-45-33)15-19-43-20-16-30(17-21-43)39-37-40-32-12-7-10-28(35(32)41-37)22-31-11-5-6-18-38-31/h2-14,18,23,29-30H,15-17,19-22,24-25H2,1H3,(H2,39,40,41). The summed E-state index contributed by atoms with van der Waals surface area (Å²) in [6.45, 7) is 3.85. The highest BCUT2D eigenvalue weighted by Crippen LogP contribution is 2.36. The molecule has 0 aliphatic carbocycles. The highest BCUT2D eigenvalue weighted by molar-refractivity contribution is 5.94. The number of likely N-dealkylation sites (N-methyl/N-ethyl adjacent to an activating group) is 1. The number of anilines is 1. The molecule has 9 nitrogen and oxygen atoms in total. The molecule has 2 aromatic heterocycles. The molecule has 0 saturated carbocycles. The van der Waals surface area contributed by atoms with Crippen LogP contribution in [0.15, 0.2) is 91.1 Å². The molecule has 236 valence electrons. The second-order valence-corrected chi connectivity index (χ2v) is 12.3.